The van der Waals surface area contributed by atoms with Gasteiger partial charge in [0, 0.05) is 23.6 Å². The third kappa shape index (κ3) is 3.42. The van der Waals surface area contributed by atoms with E-state index in [0.717, 1.165) is 21.3 Å². The van der Waals surface area contributed by atoms with Crippen molar-refractivity contribution in [1.29, 1.82) is 0 Å². The van der Waals surface area contributed by atoms with Crippen molar-refractivity contribution in [2.45, 2.75) is 26.3 Å². The quantitative estimate of drug-likeness (QED) is 0.782. The average Bonchev–Trinajstić information content (AvgIpc) is 2.66. The number of rotatable bonds is 5. The van der Waals surface area contributed by atoms with Gasteiger partial charge in [0.2, 0.25) is 0 Å². The summed E-state index contributed by atoms with van der Waals surface area (Å²) in [6.07, 6.45) is 2.57. The molecule has 0 aliphatic carbocycles. The van der Waals surface area contributed by atoms with E-state index in [2.05, 4.69) is 20.9 Å². The molecule has 2 rings (SSSR count). The second-order valence-electron chi connectivity index (χ2n) is 3.91. The smallest absolute Gasteiger partial charge is 0.309 e. The number of ether oxygens (including phenoxy) is 1. The minimum absolute atomic E-state index is 0.0514. The van der Waals surface area contributed by atoms with Crippen LogP contribution in [0.1, 0.15) is 19.8 Å². The molecule has 102 valence electrons. The number of fused-ring (bicyclic) bond motifs is 1. The fourth-order valence-electron chi connectivity index (χ4n) is 1.75. The van der Waals surface area contributed by atoms with Gasteiger partial charge in [0.25, 0.3) is 0 Å². The predicted molar refractivity (Wildman–Crippen MR) is 77.4 cm³/mol. The normalized spacial score (nSPS) is 10.8. The molecule has 0 saturated heterocycles. The molecule has 0 fully saturated rings. The molecule has 2 aromatic rings. The zero-order valence-electron chi connectivity index (χ0n) is 10.4. The maximum absolute atomic E-state index is 11.9. The van der Waals surface area contributed by atoms with Crippen molar-refractivity contribution in [2.24, 2.45) is 0 Å². The number of hydrogen-bond donors (Lipinski definition) is 0. The summed E-state index contributed by atoms with van der Waals surface area (Å²) in [5.74, 6) is -0.227. The lowest BCUT2D eigenvalue weighted by Crippen LogP contribution is -2.14. The molecular weight excluding hydrogens is 332 g/mol. The summed E-state index contributed by atoms with van der Waals surface area (Å²) < 4.78 is 7.33. The maximum atomic E-state index is 11.9. The van der Waals surface area contributed by atoms with Gasteiger partial charge in [-0.2, -0.15) is 0 Å². The van der Waals surface area contributed by atoms with Crippen molar-refractivity contribution in [3.63, 3.8) is 0 Å². The number of thiazole rings is 1. The SMILES string of the molecule is CCOC(=O)CCCn1c(=O)sc2ncc(Br)cc21. The first kappa shape index (κ1) is 14.2. The summed E-state index contributed by atoms with van der Waals surface area (Å²) >= 11 is 4.46. The molecule has 2 heterocycles. The van der Waals surface area contributed by atoms with Crippen molar-refractivity contribution in [3.05, 3.63) is 26.4 Å². The molecule has 5 nitrogen and oxygen atoms in total. The van der Waals surface area contributed by atoms with Crippen LogP contribution in [0.5, 0.6) is 0 Å². The van der Waals surface area contributed by atoms with Crippen LogP contribution in [-0.2, 0) is 16.1 Å². The summed E-state index contributed by atoms with van der Waals surface area (Å²) in [4.78, 5) is 28.0. The van der Waals surface area contributed by atoms with Crippen LogP contribution in [0.15, 0.2) is 21.5 Å². The standard InChI is InChI=1S/C12H13BrN2O3S/c1-2-18-10(16)4-3-5-15-9-6-8(13)7-14-11(9)19-12(15)17/h6-7H,2-5H2,1H3. The van der Waals surface area contributed by atoms with Crippen molar-refractivity contribution < 1.29 is 9.53 Å². The van der Waals surface area contributed by atoms with E-state index in [4.69, 9.17) is 4.74 Å². The molecule has 0 N–H and O–H groups in total. The fourth-order valence-corrected chi connectivity index (χ4v) is 2.91. The number of pyridine rings is 1. The van der Waals surface area contributed by atoms with E-state index in [0.29, 0.717) is 30.8 Å². The Morgan fingerprint density at radius 2 is 2.37 bits per heavy atom. The maximum Gasteiger partial charge on any atom is 0.309 e. The van der Waals surface area contributed by atoms with E-state index in [1.54, 1.807) is 17.7 Å². The van der Waals surface area contributed by atoms with E-state index in [1.807, 2.05) is 6.07 Å². The monoisotopic (exact) mass is 344 g/mol. The molecule has 0 aromatic carbocycles. The molecule has 0 saturated carbocycles. The van der Waals surface area contributed by atoms with E-state index >= 15 is 0 Å². The van der Waals surface area contributed by atoms with Gasteiger partial charge < -0.3 is 4.74 Å². The van der Waals surface area contributed by atoms with Crippen LogP contribution < -0.4 is 4.87 Å². The van der Waals surface area contributed by atoms with Gasteiger partial charge >= 0.3 is 10.8 Å². The molecule has 2 aromatic heterocycles. The highest BCUT2D eigenvalue weighted by Gasteiger charge is 2.10. The lowest BCUT2D eigenvalue weighted by Gasteiger charge is -2.04. The van der Waals surface area contributed by atoms with Crippen molar-refractivity contribution in [3.8, 4) is 0 Å². The zero-order valence-corrected chi connectivity index (χ0v) is 12.8. The van der Waals surface area contributed by atoms with Gasteiger partial charge in [-0.05, 0) is 35.3 Å². The molecule has 0 amide bonds. The molecule has 0 spiro atoms. The van der Waals surface area contributed by atoms with E-state index in [-0.39, 0.29) is 10.8 Å². The van der Waals surface area contributed by atoms with Gasteiger partial charge in [-0.1, -0.05) is 11.3 Å². The van der Waals surface area contributed by atoms with Crippen molar-refractivity contribution in [1.82, 2.24) is 9.55 Å². The highest BCUT2D eigenvalue weighted by Crippen LogP contribution is 2.19. The summed E-state index contributed by atoms with van der Waals surface area (Å²) in [5.41, 5.74) is 0.799. The average molecular weight is 345 g/mol. The summed E-state index contributed by atoms with van der Waals surface area (Å²) in [5, 5.41) is 0. The molecule has 0 atom stereocenters. The number of carbonyl (C=O) groups excluding carboxylic acids is 1. The fraction of sp³-hybridized carbons (Fsp3) is 0.417. The summed E-state index contributed by atoms with van der Waals surface area (Å²) in [6.45, 7) is 2.66. The number of carbonyl (C=O) groups is 1. The summed E-state index contributed by atoms with van der Waals surface area (Å²) in [7, 11) is 0. The van der Waals surface area contributed by atoms with Crippen molar-refractivity contribution in [2.75, 3.05) is 6.61 Å². The first-order chi connectivity index (χ1) is 9.11. The Kier molecular flexibility index (Phi) is 4.71. The Morgan fingerprint density at radius 3 is 3.11 bits per heavy atom. The lowest BCUT2D eigenvalue weighted by molar-refractivity contribution is -0.143. The Balaban J connectivity index is 2.12. The lowest BCUT2D eigenvalue weighted by atomic mass is 10.3. The molecule has 0 aliphatic heterocycles. The third-order valence-electron chi connectivity index (χ3n) is 2.56. The Hall–Kier alpha value is -1.21. The van der Waals surface area contributed by atoms with Gasteiger partial charge in [0.05, 0.1) is 12.1 Å². The van der Waals surface area contributed by atoms with Crippen LogP contribution in [-0.4, -0.2) is 22.1 Å². The largest absolute Gasteiger partial charge is 0.466 e. The highest BCUT2D eigenvalue weighted by molar-refractivity contribution is 9.10. The van der Waals surface area contributed by atoms with E-state index < -0.39 is 0 Å². The number of aryl methyl sites for hydroxylation is 1. The molecule has 0 unspecified atom stereocenters. The molecule has 7 heteroatoms. The Morgan fingerprint density at radius 1 is 1.58 bits per heavy atom. The number of hydrogen-bond acceptors (Lipinski definition) is 5. The van der Waals surface area contributed by atoms with Crippen LogP contribution >= 0.6 is 27.3 Å². The van der Waals surface area contributed by atoms with Gasteiger partial charge in [-0.15, -0.1) is 0 Å². The molecular formula is C12H13BrN2O3S. The Labute approximate surface area is 122 Å². The minimum atomic E-state index is -0.227. The number of nitrogens with zero attached hydrogens (tertiary/aromatic N) is 2. The van der Waals surface area contributed by atoms with Gasteiger partial charge in [0.1, 0.15) is 4.83 Å². The second kappa shape index (κ2) is 6.29. The summed E-state index contributed by atoms with van der Waals surface area (Å²) in [6, 6.07) is 1.87. The first-order valence-corrected chi connectivity index (χ1v) is 7.53. The number of aromatic nitrogens is 2. The van der Waals surface area contributed by atoms with Crippen LogP contribution in [0.25, 0.3) is 10.3 Å². The topological polar surface area (TPSA) is 61.2 Å². The third-order valence-corrected chi connectivity index (χ3v) is 3.90. The Bertz CT molecular complexity index is 650. The molecule has 0 bridgehead atoms. The molecule has 19 heavy (non-hydrogen) atoms. The van der Waals surface area contributed by atoms with Crippen molar-refractivity contribution >= 4 is 43.6 Å². The van der Waals surface area contributed by atoms with Crippen LogP contribution in [0.3, 0.4) is 0 Å². The number of esters is 1. The van der Waals surface area contributed by atoms with Crippen LogP contribution in [0.2, 0.25) is 0 Å². The highest BCUT2D eigenvalue weighted by atomic mass is 79.9. The first-order valence-electron chi connectivity index (χ1n) is 5.92. The van der Waals surface area contributed by atoms with Crippen LogP contribution in [0.4, 0.5) is 0 Å². The van der Waals surface area contributed by atoms with E-state index in [1.165, 1.54) is 0 Å². The molecule has 0 radical (unpaired) electrons. The van der Waals surface area contributed by atoms with E-state index in [9.17, 15) is 9.59 Å². The van der Waals surface area contributed by atoms with Gasteiger partial charge in [0.15, 0.2) is 0 Å². The second-order valence-corrected chi connectivity index (χ2v) is 5.76. The van der Waals surface area contributed by atoms with Crippen LogP contribution in [0, 0.1) is 0 Å². The predicted octanol–water partition coefficient (Wildman–Crippen LogP) is 2.56. The minimum Gasteiger partial charge on any atom is -0.466 e. The molecule has 0 aliphatic rings. The van der Waals surface area contributed by atoms with Gasteiger partial charge in [-0.25, -0.2) is 4.98 Å². The number of halogens is 1. The zero-order chi connectivity index (χ0) is 13.8. The van der Waals surface area contributed by atoms with Gasteiger partial charge in [-0.3, -0.25) is 14.2 Å².